The van der Waals surface area contributed by atoms with Crippen molar-refractivity contribution in [3.63, 3.8) is 0 Å². The number of nitrogens with two attached hydrogens (primary N) is 2. The van der Waals surface area contributed by atoms with Crippen LogP contribution in [0.3, 0.4) is 0 Å². The van der Waals surface area contributed by atoms with Gasteiger partial charge in [-0.1, -0.05) is 0 Å². The fourth-order valence-electron chi connectivity index (χ4n) is 1.51. The van der Waals surface area contributed by atoms with E-state index in [0.29, 0.717) is 29.5 Å². The fourth-order valence-corrected chi connectivity index (χ4v) is 1.51. The normalized spacial score (nSPS) is 10.9. The number of anilines is 2. The summed E-state index contributed by atoms with van der Waals surface area (Å²) in [7, 11) is 2.02. The van der Waals surface area contributed by atoms with Gasteiger partial charge in [0.15, 0.2) is 0 Å². The lowest BCUT2D eigenvalue weighted by atomic mass is 10.1. The SMILES string of the molecule is CC(C)N(C)CCNC(=O)c1cc(N)cc(N)c1. The molecule has 1 aromatic carbocycles. The van der Waals surface area contributed by atoms with Crippen LogP contribution in [-0.4, -0.2) is 37.0 Å². The van der Waals surface area contributed by atoms with Gasteiger partial charge in [0.25, 0.3) is 5.91 Å². The van der Waals surface area contributed by atoms with Crippen LogP contribution in [0.4, 0.5) is 11.4 Å². The van der Waals surface area contributed by atoms with Gasteiger partial charge < -0.3 is 21.7 Å². The Morgan fingerprint density at radius 2 is 1.83 bits per heavy atom. The molecule has 0 aliphatic heterocycles. The molecule has 1 amide bonds. The number of likely N-dealkylation sites (N-methyl/N-ethyl adjacent to an activating group) is 1. The Hall–Kier alpha value is -1.75. The molecule has 1 aromatic rings. The van der Waals surface area contributed by atoms with Crippen molar-refractivity contribution < 1.29 is 4.79 Å². The first-order valence-corrected chi connectivity index (χ1v) is 6.04. The second-order valence-corrected chi connectivity index (χ2v) is 4.72. The average molecular weight is 250 g/mol. The highest BCUT2D eigenvalue weighted by atomic mass is 16.1. The third kappa shape index (κ3) is 4.25. The summed E-state index contributed by atoms with van der Waals surface area (Å²) in [6, 6.07) is 5.34. The summed E-state index contributed by atoms with van der Waals surface area (Å²) in [6.07, 6.45) is 0. The molecule has 0 atom stereocenters. The van der Waals surface area contributed by atoms with Crippen LogP contribution in [0.5, 0.6) is 0 Å². The highest BCUT2D eigenvalue weighted by molar-refractivity contribution is 5.96. The Morgan fingerprint density at radius 1 is 1.28 bits per heavy atom. The predicted octanol–water partition coefficient (Wildman–Crippen LogP) is 0.921. The van der Waals surface area contributed by atoms with Crippen LogP contribution in [0.2, 0.25) is 0 Å². The molecule has 0 saturated carbocycles. The van der Waals surface area contributed by atoms with Crippen molar-refractivity contribution in [1.82, 2.24) is 10.2 Å². The molecule has 0 heterocycles. The van der Waals surface area contributed by atoms with E-state index < -0.39 is 0 Å². The summed E-state index contributed by atoms with van der Waals surface area (Å²) in [5.74, 6) is -0.147. The van der Waals surface area contributed by atoms with Gasteiger partial charge in [-0.25, -0.2) is 0 Å². The molecule has 0 saturated heterocycles. The number of rotatable bonds is 5. The zero-order valence-corrected chi connectivity index (χ0v) is 11.2. The van der Waals surface area contributed by atoms with Crippen LogP contribution >= 0.6 is 0 Å². The van der Waals surface area contributed by atoms with Gasteiger partial charge in [0, 0.05) is 36.1 Å². The summed E-state index contributed by atoms with van der Waals surface area (Å²) in [5, 5.41) is 2.85. The highest BCUT2D eigenvalue weighted by Gasteiger charge is 2.08. The van der Waals surface area contributed by atoms with Crippen molar-refractivity contribution in [2.24, 2.45) is 0 Å². The monoisotopic (exact) mass is 250 g/mol. The van der Waals surface area contributed by atoms with Crippen molar-refractivity contribution in [3.8, 4) is 0 Å². The number of carbonyl (C=O) groups is 1. The number of nitrogen functional groups attached to an aromatic ring is 2. The number of nitrogens with zero attached hydrogens (tertiary/aromatic N) is 1. The first kappa shape index (κ1) is 14.3. The zero-order valence-electron chi connectivity index (χ0n) is 11.2. The second kappa shape index (κ2) is 6.26. The number of benzene rings is 1. The van der Waals surface area contributed by atoms with Crippen LogP contribution in [0, 0.1) is 0 Å². The molecule has 5 heteroatoms. The lowest BCUT2D eigenvalue weighted by Crippen LogP contribution is -2.36. The van der Waals surface area contributed by atoms with Gasteiger partial charge in [-0.15, -0.1) is 0 Å². The summed E-state index contributed by atoms with van der Waals surface area (Å²) in [6.45, 7) is 5.63. The maximum absolute atomic E-state index is 11.9. The van der Waals surface area contributed by atoms with Crippen molar-refractivity contribution in [2.45, 2.75) is 19.9 Å². The van der Waals surface area contributed by atoms with E-state index in [4.69, 9.17) is 11.5 Å². The molecule has 1 rings (SSSR count). The fraction of sp³-hybridized carbons (Fsp3) is 0.462. The van der Waals surface area contributed by atoms with E-state index in [-0.39, 0.29) is 5.91 Å². The molecule has 18 heavy (non-hydrogen) atoms. The molecule has 100 valence electrons. The minimum atomic E-state index is -0.147. The average Bonchev–Trinajstić information content (AvgIpc) is 2.27. The van der Waals surface area contributed by atoms with Crippen molar-refractivity contribution in [1.29, 1.82) is 0 Å². The topological polar surface area (TPSA) is 84.4 Å². The zero-order chi connectivity index (χ0) is 13.7. The summed E-state index contributed by atoms with van der Waals surface area (Å²) < 4.78 is 0. The van der Waals surface area contributed by atoms with Crippen LogP contribution in [0.15, 0.2) is 18.2 Å². The van der Waals surface area contributed by atoms with E-state index >= 15 is 0 Å². The van der Waals surface area contributed by atoms with Gasteiger partial charge in [-0.05, 0) is 39.1 Å². The molecule has 5 nitrogen and oxygen atoms in total. The third-order valence-electron chi connectivity index (χ3n) is 2.87. The lowest BCUT2D eigenvalue weighted by Gasteiger charge is -2.20. The van der Waals surface area contributed by atoms with Crippen LogP contribution in [-0.2, 0) is 0 Å². The quantitative estimate of drug-likeness (QED) is 0.678. The van der Waals surface area contributed by atoms with E-state index in [1.54, 1.807) is 18.2 Å². The molecule has 0 radical (unpaired) electrons. The first-order valence-electron chi connectivity index (χ1n) is 6.04. The van der Waals surface area contributed by atoms with E-state index in [2.05, 4.69) is 24.1 Å². The Labute approximate surface area is 108 Å². The predicted molar refractivity (Wildman–Crippen MR) is 75.4 cm³/mol. The molecule has 0 bridgehead atoms. The lowest BCUT2D eigenvalue weighted by molar-refractivity contribution is 0.0948. The third-order valence-corrected chi connectivity index (χ3v) is 2.87. The molecule has 5 N–H and O–H groups in total. The Bertz CT molecular complexity index is 397. The van der Waals surface area contributed by atoms with Gasteiger partial charge in [0.05, 0.1) is 0 Å². The number of nitrogens with one attached hydrogen (secondary N) is 1. The summed E-state index contributed by atoms with van der Waals surface area (Å²) in [5.41, 5.74) is 12.8. The smallest absolute Gasteiger partial charge is 0.251 e. The molecular weight excluding hydrogens is 228 g/mol. The highest BCUT2D eigenvalue weighted by Crippen LogP contribution is 2.13. The number of hydrogen-bond donors (Lipinski definition) is 3. The van der Waals surface area contributed by atoms with Crippen LogP contribution in [0.1, 0.15) is 24.2 Å². The maximum atomic E-state index is 11.9. The minimum absolute atomic E-state index is 0.147. The molecule has 0 unspecified atom stereocenters. The second-order valence-electron chi connectivity index (χ2n) is 4.72. The Kier molecular flexibility index (Phi) is 4.97. The number of amides is 1. The molecular formula is C13H22N4O. The summed E-state index contributed by atoms with van der Waals surface area (Å²) in [4.78, 5) is 14.0. The largest absolute Gasteiger partial charge is 0.399 e. The molecule has 0 aliphatic carbocycles. The number of carbonyl (C=O) groups excluding carboxylic acids is 1. The van der Waals surface area contributed by atoms with E-state index in [0.717, 1.165) is 6.54 Å². The van der Waals surface area contributed by atoms with Crippen molar-refractivity contribution in [3.05, 3.63) is 23.8 Å². The van der Waals surface area contributed by atoms with E-state index in [1.807, 2.05) is 7.05 Å². The van der Waals surface area contributed by atoms with E-state index in [1.165, 1.54) is 0 Å². The molecule has 0 fully saturated rings. The van der Waals surface area contributed by atoms with Gasteiger partial charge in [-0.3, -0.25) is 4.79 Å². The van der Waals surface area contributed by atoms with Crippen LogP contribution in [0.25, 0.3) is 0 Å². The Balaban J connectivity index is 2.50. The number of hydrogen-bond acceptors (Lipinski definition) is 4. The Morgan fingerprint density at radius 3 is 2.33 bits per heavy atom. The maximum Gasteiger partial charge on any atom is 0.251 e. The summed E-state index contributed by atoms with van der Waals surface area (Å²) >= 11 is 0. The first-order chi connectivity index (χ1) is 8.40. The standard InChI is InChI=1S/C13H22N4O/c1-9(2)17(3)5-4-16-13(18)10-6-11(14)8-12(15)7-10/h6-9H,4-5,14-15H2,1-3H3,(H,16,18). The molecule has 0 aromatic heterocycles. The van der Waals surface area contributed by atoms with Gasteiger partial charge in [0.1, 0.15) is 0 Å². The van der Waals surface area contributed by atoms with Crippen LogP contribution < -0.4 is 16.8 Å². The van der Waals surface area contributed by atoms with Gasteiger partial charge in [-0.2, -0.15) is 0 Å². The van der Waals surface area contributed by atoms with Gasteiger partial charge >= 0.3 is 0 Å². The molecule has 0 spiro atoms. The van der Waals surface area contributed by atoms with Crippen molar-refractivity contribution in [2.75, 3.05) is 31.6 Å². The molecule has 0 aliphatic rings. The van der Waals surface area contributed by atoms with Gasteiger partial charge in [0.2, 0.25) is 0 Å². The van der Waals surface area contributed by atoms with E-state index in [9.17, 15) is 4.79 Å². The minimum Gasteiger partial charge on any atom is -0.399 e. The van der Waals surface area contributed by atoms with Crippen molar-refractivity contribution >= 4 is 17.3 Å².